The molecule has 1 N–H and O–H groups in total. The zero-order valence-corrected chi connectivity index (χ0v) is 13.4. The summed E-state index contributed by atoms with van der Waals surface area (Å²) in [6.07, 6.45) is 6.62. The minimum Gasteiger partial charge on any atom is -0.383 e. The van der Waals surface area contributed by atoms with Crippen LogP contribution in [0.3, 0.4) is 0 Å². The molecule has 0 aliphatic rings. The smallest absolute Gasteiger partial charge is 0.185 e. The number of pyridine rings is 1. The van der Waals surface area contributed by atoms with Gasteiger partial charge in [0.1, 0.15) is 0 Å². The highest BCUT2D eigenvalue weighted by molar-refractivity contribution is 7.15. The van der Waals surface area contributed by atoms with Crippen molar-refractivity contribution in [3.8, 4) is 0 Å². The molecule has 0 radical (unpaired) electrons. The third kappa shape index (κ3) is 5.41. The van der Waals surface area contributed by atoms with Gasteiger partial charge in [0.2, 0.25) is 0 Å². The Morgan fingerprint density at radius 1 is 1.33 bits per heavy atom. The third-order valence-electron chi connectivity index (χ3n) is 3.14. The predicted octanol–water partition coefficient (Wildman–Crippen LogP) is 1.95. The van der Waals surface area contributed by atoms with Gasteiger partial charge in [-0.05, 0) is 24.1 Å². The monoisotopic (exact) mass is 306 g/mol. The van der Waals surface area contributed by atoms with Gasteiger partial charge in [-0.25, -0.2) is 4.98 Å². The number of likely N-dealkylation sites (N-methyl/N-ethyl adjacent to an activating group) is 1. The molecule has 0 aliphatic heterocycles. The van der Waals surface area contributed by atoms with Gasteiger partial charge in [0.25, 0.3) is 0 Å². The lowest BCUT2D eigenvalue weighted by Crippen LogP contribution is -2.20. The molecule has 0 saturated carbocycles. The number of nitrogens with one attached hydrogen (secondary N) is 1. The van der Waals surface area contributed by atoms with Crippen molar-refractivity contribution in [3.63, 3.8) is 0 Å². The number of hydrogen-bond donors (Lipinski definition) is 1. The molecule has 0 amide bonds. The Balaban J connectivity index is 1.77. The molecule has 21 heavy (non-hydrogen) atoms. The molecule has 0 saturated heterocycles. The molecular weight excluding hydrogens is 284 g/mol. The van der Waals surface area contributed by atoms with Crippen LogP contribution >= 0.6 is 11.3 Å². The Bertz CT molecular complexity index is 517. The van der Waals surface area contributed by atoms with Crippen LogP contribution in [0.5, 0.6) is 0 Å². The summed E-state index contributed by atoms with van der Waals surface area (Å²) in [5, 5.41) is 4.40. The first-order chi connectivity index (χ1) is 10.3. The standard InChI is InChI=1S/C15H22N4OS/c1-19(9-5-13-3-6-16-7-4-13)15-18-12-14(21-15)11-17-8-10-20-2/h3-4,6-7,12,17H,5,8-11H2,1-2H3. The van der Waals surface area contributed by atoms with Crippen LogP contribution in [0, 0.1) is 0 Å². The van der Waals surface area contributed by atoms with Crippen LogP contribution in [0.2, 0.25) is 0 Å². The summed E-state index contributed by atoms with van der Waals surface area (Å²) >= 11 is 1.73. The predicted molar refractivity (Wildman–Crippen MR) is 86.9 cm³/mol. The number of nitrogens with zero attached hydrogens (tertiary/aromatic N) is 3. The van der Waals surface area contributed by atoms with E-state index in [1.165, 1.54) is 10.4 Å². The quantitative estimate of drug-likeness (QED) is 0.718. The maximum absolute atomic E-state index is 5.01. The Morgan fingerprint density at radius 2 is 2.14 bits per heavy atom. The minimum atomic E-state index is 0.734. The molecule has 2 heterocycles. The lowest BCUT2D eigenvalue weighted by atomic mass is 10.2. The van der Waals surface area contributed by atoms with E-state index in [-0.39, 0.29) is 0 Å². The highest BCUT2D eigenvalue weighted by Crippen LogP contribution is 2.21. The largest absolute Gasteiger partial charge is 0.383 e. The van der Waals surface area contributed by atoms with Crippen LogP contribution in [0.4, 0.5) is 5.13 Å². The lowest BCUT2D eigenvalue weighted by Gasteiger charge is -2.15. The molecule has 0 aliphatic carbocycles. The van der Waals surface area contributed by atoms with Crippen molar-refractivity contribution in [2.24, 2.45) is 0 Å². The molecular formula is C15H22N4OS. The molecule has 0 fully saturated rings. The number of methoxy groups -OCH3 is 1. The molecule has 2 aromatic heterocycles. The third-order valence-corrected chi connectivity index (χ3v) is 4.25. The van der Waals surface area contributed by atoms with E-state index in [4.69, 9.17) is 4.74 Å². The van der Waals surface area contributed by atoms with Crippen LogP contribution in [0.25, 0.3) is 0 Å². The summed E-state index contributed by atoms with van der Waals surface area (Å²) in [5.41, 5.74) is 1.30. The van der Waals surface area contributed by atoms with Crippen molar-refractivity contribution in [2.75, 3.05) is 38.8 Å². The maximum atomic E-state index is 5.01. The van der Waals surface area contributed by atoms with E-state index in [1.807, 2.05) is 18.6 Å². The van der Waals surface area contributed by atoms with E-state index in [9.17, 15) is 0 Å². The average molecular weight is 306 g/mol. The Kier molecular flexibility index (Phi) is 6.59. The van der Waals surface area contributed by atoms with Crippen LogP contribution in [-0.4, -0.2) is 43.8 Å². The maximum Gasteiger partial charge on any atom is 0.185 e. The molecule has 0 spiro atoms. The molecule has 0 unspecified atom stereocenters. The molecule has 5 nitrogen and oxygen atoms in total. The Hall–Kier alpha value is -1.50. The van der Waals surface area contributed by atoms with Crippen molar-refractivity contribution in [3.05, 3.63) is 41.2 Å². The van der Waals surface area contributed by atoms with E-state index < -0.39 is 0 Å². The number of anilines is 1. The second-order valence-corrected chi connectivity index (χ2v) is 5.90. The first kappa shape index (κ1) is 15.9. The average Bonchev–Trinajstić information content (AvgIpc) is 2.99. The summed E-state index contributed by atoms with van der Waals surface area (Å²) in [4.78, 5) is 12.0. The normalized spacial score (nSPS) is 10.8. The topological polar surface area (TPSA) is 50.3 Å². The van der Waals surface area contributed by atoms with Crippen LogP contribution in [0.15, 0.2) is 30.7 Å². The van der Waals surface area contributed by atoms with Gasteiger partial charge in [0.15, 0.2) is 5.13 Å². The van der Waals surface area contributed by atoms with Gasteiger partial charge >= 0.3 is 0 Å². The zero-order valence-electron chi connectivity index (χ0n) is 12.6. The van der Waals surface area contributed by atoms with Gasteiger partial charge in [0, 0.05) is 57.3 Å². The van der Waals surface area contributed by atoms with E-state index in [1.54, 1.807) is 18.4 Å². The fraction of sp³-hybridized carbons (Fsp3) is 0.467. The van der Waals surface area contributed by atoms with Gasteiger partial charge < -0.3 is 15.0 Å². The zero-order chi connectivity index (χ0) is 14.9. The minimum absolute atomic E-state index is 0.734. The summed E-state index contributed by atoms with van der Waals surface area (Å²) in [7, 11) is 3.80. The first-order valence-electron chi connectivity index (χ1n) is 7.04. The Labute approximate surface area is 130 Å². The second-order valence-electron chi connectivity index (χ2n) is 4.81. The number of rotatable bonds is 9. The van der Waals surface area contributed by atoms with Gasteiger partial charge in [-0.3, -0.25) is 4.98 Å². The lowest BCUT2D eigenvalue weighted by molar-refractivity contribution is 0.199. The molecule has 114 valence electrons. The van der Waals surface area contributed by atoms with Crippen molar-refractivity contribution in [2.45, 2.75) is 13.0 Å². The summed E-state index contributed by atoms with van der Waals surface area (Å²) in [5.74, 6) is 0. The van der Waals surface area contributed by atoms with Crippen LogP contribution in [0.1, 0.15) is 10.4 Å². The van der Waals surface area contributed by atoms with Gasteiger partial charge in [0.05, 0.1) is 6.61 Å². The van der Waals surface area contributed by atoms with E-state index in [0.29, 0.717) is 0 Å². The molecule has 0 bridgehead atoms. The summed E-state index contributed by atoms with van der Waals surface area (Å²) in [6.45, 7) is 3.40. The second kappa shape index (κ2) is 8.71. The number of ether oxygens (including phenoxy) is 1. The Morgan fingerprint density at radius 3 is 2.90 bits per heavy atom. The van der Waals surface area contributed by atoms with E-state index >= 15 is 0 Å². The van der Waals surface area contributed by atoms with Crippen molar-refractivity contribution >= 4 is 16.5 Å². The van der Waals surface area contributed by atoms with E-state index in [0.717, 1.165) is 37.8 Å². The van der Waals surface area contributed by atoms with Crippen LogP contribution < -0.4 is 10.2 Å². The first-order valence-corrected chi connectivity index (χ1v) is 7.85. The number of aromatic nitrogens is 2. The van der Waals surface area contributed by atoms with Gasteiger partial charge in [-0.15, -0.1) is 11.3 Å². The molecule has 2 aromatic rings. The SMILES string of the molecule is COCCNCc1cnc(N(C)CCc2ccncc2)s1. The van der Waals surface area contributed by atoms with Crippen molar-refractivity contribution in [1.29, 1.82) is 0 Å². The summed E-state index contributed by atoms with van der Waals surface area (Å²) < 4.78 is 5.01. The van der Waals surface area contributed by atoms with Crippen LogP contribution in [-0.2, 0) is 17.7 Å². The molecule has 0 atom stereocenters. The molecule has 6 heteroatoms. The van der Waals surface area contributed by atoms with E-state index in [2.05, 4.69) is 39.4 Å². The number of hydrogen-bond acceptors (Lipinski definition) is 6. The highest BCUT2D eigenvalue weighted by atomic mass is 32.1. The van der Waals surface area contributed by atoms with Crippen molar-refractivity contribution in [1.82, 2.24) is 15.3 Å². The number of thiazole rings is 1. The fourth-order valence-electron chi connectivity index (χ4n) is 1.88. The highest BCUT2D eigenvalue weighted by Gasteiger charge is 2.07. The fourth-order valence-corrected chi connectivity index (χ4v) is 2.75. The van der Waals surface area contributed by atoms with Gasteiger partial charge in [-0.2, -0.15) is 0 Å². The molecule has 0 aromatic carbocycles. The van der Waals surface area contributed by atoms with Gasteiger partial charge in [-0.1, -0.05) is 0 Å². The van der Waals surface area contributed by atoms with Crippen molar-refractivity contribution < 1.29 is 4.74 Å². The summed E-state index contributed by atoms with van der Waals surface area (Å²) in [6, 6.07) is 4.11. The molecule has 2 rings (SSSR count).